The second-order valence-corrected chi connectivity index (χ2v) is 6.09. The van der Waals surface area contributed by atoms with E-state index in [0.29, 0.717) is 11.3 Å². The number of rotatable bonds is 7. The molecule has 1 amide bonds. The predicted molar refractivity (Wildman–Crippen MR) is 91.4 cm³/mol. The van der Waals surface area contributed by atoms with E-state index in [9.17, 15) is 19.2 Å². The lowest BCUT2D eigenvalue weighted by molar-refractivity contribution is -0.142. The van der Waals surface area contributed by atoms with Crippen LogP contribution < -0.4 is 16.6 Å². The van der Waals surface area contributed by atoms with Gasteiger partial charge in [0.2, 0.25) is 5.91 Å². The summed E-state index contributed by atoms with van der Waals surface area (Å²) in [6.45, 7) is -0.540. The zero-order valence-electron chi connectivity index (χ0n) is 12.9. The number of aliphatic carboxylic acids is 1. The van der Waals surface area contributed by atoms with Gasteiger partial charge in [-0.2, -0.15) is 11.8 Å². The Kier molecular flexibility index (Phi) is 5.80. The van der Waals surface area contributed by atoms with Crippen molar-refractivity contribution in [1.82, 2.24) is 14.9 Å². The van der Waals surface area contributed by atoms with Crippen LogP contribution in [-0.4, -0.2) is 44.6 Å². The van der Waals surface area contributed by atoms with Gasteiger partial charge < -0.3 is 15.4 Å². The normalized spacial score (nSPS) is 12.0. The van der Waals surface area contributed by atoms with Crippen molar-refractivity contribution < 1.29 is 14.7 Å². The van der Waals surface area contributed by atoms with Gasteiger partial charge >= 0.3 is 11.7 Å². The maximum Gasteiger partial charge on any atom is 0.329 e. The summed E-state index contributed by atoms with van der Waals surface area (Å²) in [5.74, 6) is -1.29. The Hall–Kier alpha value is -2.55. The van der Waals surface area contributed by atoms with E-state index in [2.05, 4.69) is 10.3 Å². The summed E-state index contributed by atoms with van der Waals surface area (Å²) in [4.78, 5) is 50.0. The predicted octanol–water partition coefficient (Wildman–Crippen LogP) is 0.0123. The molecule has 1 heterocycles. The van der Waals surface area contributed by atoms with Crippen LogP contribution in [0.25, 0.3) is 10.9 Å². The van der Waals surface area contributed by atoms with Crippen molar-refractivity contribution in [3.8, 4) is 0 Å². The Labute approximate surface area is 140 Å². The number of carboxylic acid groups (broad SMARTS) is 1. The summed E-state index contributed by atoms with van der Waals surface area (Å²) in [7, 11) is 0. The molecule has 1 atom stereocenters. The lowest BCUT2D eigenvalue weighted by Crippen LogP contribution is -2.46. The topological polar surface area (TPSA) is 121 Å². The fourth-order valence-electron chi connectivity index (χ4n) is 2.22. The molecule has 0 aliphatic rings. The molecule has 0 radical (unpaired) electrons. The second-order valence-electron chi connectivity index (χ2n) is 5.11. The van der Waals surface area contributed by atoms with Crippen LogP contribution in [0.5, 0.6) is 0 Å². The first-order valence-electron chi connectivity index (χ1n) is 7.17. The molecular formula is C15H17N3O5S. The van der Waals surface area contributed by atoms with Crippen LogP contribution in [0.15, 0.2) is 33.9 Å². The maximum atomic E-state index is 12.3. The molecule has 8 nitrogen and oxygen atoms in total. The van der Waals surface area contributed by atoms with E-state index in [1.54, 1.807) is 24.3 Å². The molecule has 9 heteroatoms. The van der Waals surface area contributed by atoms with Crippen LogP contribution in [0.2, 0.25) is 0 Å². The average Bonchev–Trinajstić information content (AvgIpc) is 2.55. The Balaban J connectivity index is 2.23. The third-order valence-electron chi connectivity index (χ3n) is 3.44. The maximum absolute atomic E-state index is 12.3. The number of amides is 1. The highest BCUT2D eigenvalue weighted by Crippen LogP contribution is 2.03. The standard InChI is InChI=1S/C15H17N3O5S/c1-24-7-6-11(14(21)22)16-12(19)8-18-13(20)9-4-2-3-5-10(9)17-15(18)23/h2-5,11H,6-8H2,1H3,(H,16,19)(H,17,23)(H,21,22). The van der Waals surface area contributed by atoms with Gasteiger partial charge in [0.25, 0.3) is 5.56 Å². The van der Waals surface area contributed by atoms with Gasteiger partial charge in [-0.1, -0.05) is 12.1 Å². The third-order valence-corrected chi connectivity index (χ3v) is 4.08. The van der Waals surface area contributed by atoms with E-state index in [-0.39, 0.29) is 11.8 Å². The molecule has 0 aliphatic heterocycles. The molecule has 1 aromatic heterocycles. The van der Waals surface area contributed by atoms with E-state index in [0.717, 1.165) is 4.57 Å². The number of benzene rings is 1. The Bertz CT molecular complexity index is 873. The Morgan fingerprint density at radius 3 is 2.71 bits per heavy atom. The van der Waals surface area contributed by atoms with Gasteiger partial charge in [-0.05, 0) is 30.6 Å². The number of hydrogen-bond donors (Lipinski definition) is 3. The van der Waals surface area contributed by atoms with Crippen molar-refractivity contribution in [3.05, 3.63) is 45.1 Å². The number of aromatic nitrogens is 2. The molecule has 24 heavy (non-hydrogen) atoms. The molecular weight excluding hydrogens is 334 g/mol. The highest BCUT2D eigenvalue weighted by atomic mass is 32.2. The van der Waals surface area contributed by atoms with E-state index in [1.807, 2.05) is 6.26 Å². The van der Waals surface area contributed by atoms with E-state index in [1.165, 1.54) is 11.8 Å². The van der Waals surface area contributed by atoms with Gasteiger partial charge in [-0.15, -0.1) is 0 Å². The molecule has 2 rings (SSSR count). The Morgan fingerprint density at radius 2 is 2.04 bits per heavy atom. The molecule has 0 fully saturated rings. The zero-order chi connectivity index (χ0) is 17.7. The SMILES string of the molecule is CSCCC(NC(=O)Cn1c(=O)[nH]c2ccccc2c1=O)C(=O)O. The highest BCUT2D eigenvalue weighted by Gasteiger charge is 2.20. The molecule has 128 valence electrons. The van der Waals surface area contributed by atoms with Crippen LogP contribution in [0.1, 0.15) is 6.42 Å². The number of carboxylic acids is 1. The number of fused-ring (bicyclic) bond motifs is 1. The number of nitrogens with zero attached hydrogens (tertiary/aromatic N) is 1. The monoisotopic (exact) mass is 351 g/mol. The van der Waals surface area contributed by atoms with Crippen molar-refractivity contribution in [3.63, 3.8) is 0 Å². The molecule has 0 saturated heterocycles. The zero-order valence-corrected chi connectivity index (χ0v) is 13.8. The lowest BCUT2D eigenvalue weighted by atomic mass is 10.2. The van der Waals surface area contributed by atoms with Crippen molar-refractivity contribution in [2.45, 2.75) is 19.0 Å². The molecule has 0 aliphatic carbocycles. The largest absolute Gasteiger partial charge is 0.480 e. The number of para-hydroxylation sites is 1. The summed E-state index contributed by atoms with van der Waals surface area (Å²) >= 11 is 1.46. The van der Waals surface area contributed by atoms with Crippen molar-refractivity contribution in [2.75, 3.05) is 12.0 Å². The van der Waals surface area contributed by atoms with Gasteiger partial charge in [-0.25, -0.2) is 9.59 Å². The fraction of sp³-hybridized carbons (Fsp3) is 0.333. The van der Waals surface area contributed by atoms with Gasteiger partial charge in [0, 0.05) is 0 Å². The molecule has 1 unspecified atom stereocenters. The van der Waals surface area contributed by atoms with Crippen molar-refractivity contribution in [2.24, 2.45) is 0 Å². The van der Waals surface area contributed by atoms with Crippen LogP contribution in [0.3, 0.4) is 0 Å². The van der Waals surface area contributed by atoms with Gasteiger partial charge in [0.15, 0.2) is 0 Å². The first-order chi connectivity index (χ1) is 11.4. The van der Waals surface area contributed by atoms with Crippen LogP contribution >= 0.6 is 11.8 Å². The first-order valence-corrected chi connectivity index (χ1v) is 8.56. The molecule has 3 N–H and O–H groups in total. The minimum atomic E-state index is -1.16. The van der Waals surface area contributed by atoms with Crippen molar-refractivity contribution >= 4 is 34.5 Å². The quantitative estimate of drug-likeness (QED) is 0.646. The summed E-state index contributed by atoms with van der Waals surface area (Å²) in [6.07, 6.45) is 2.08. The number of hydrogen-bond acceptors (Lipinski definition) is 5. The summed E-state index contributed by atoms with van der Waals surface area (Å²) in [5.41, 5.74) is -0.933. The minimum Gasteiger partial charge on any atom is -0.480 e. The molecule has 1 aromatic carbocycles. The summed E-state index contributed by atoms with van der Waals surface area (Å²) < 4.78 is 0.755. The summed E-state index contributed by atoms with van der Waals surface area (Å²) in [6, 6.07) is 5.40. The number of carbonyl (C=O) groups is 2. The highest BCUT2D eigenvalue weighted by molar-refractivity contribution is 7.98. The van der Waals surface area contributed by atoms with E-state index in [4.69, 9.17) is 5.11 Å². The van der Waals surface area contributed by atoms with Gasteiger partial charge in [0.1, 0.15) is 12.6 Å². The second kappa shape index (κ2) is 7.82. The Morgan fingerprint density at radius 1 is 1.33 bits per heavy atom. The molecule has 2 aromatic rings. The molecule has 0 bridgehead atoms. The first kappa shape index (κ1) is 17.8. The number of aromatic amines is 1. The number of carbonyl (C=O) groups excluding carboxylic acids is 1. The lowest BCUT2D eigenvalue weighted by Gasteiger charge is -2.14. The van der Waals surface area contributed by atoms with Crippen molar-refractivity contribution in [1.29, 1.82) is 0 Å². The molecule has 0 spiro atoms. The van der Waals surface area contributed by atoms with Crippen LogP contribution in [0, 0.1) is 0 Å². The fourth-order valence-corrected chi connectivity index (χ4v) is 2.69. The van der Waals surface area contributed by atoms with Gasteiger partial charge in [-0.3, -0.25) is 14.2 Å². The van der Waals surface area contributed by atoms with E-state index < -0.39 is 35.7 Å². The third kappa shape index (κ3) is 4.05. The van der Waals surface area contributed by atoms with Gasteiger partial charge in [0.05, 0.1) is 10.9 Å². The minimum absolute atomic E-state index is 0.255. The van der Waals surface area contributed by atoms with E-state index >= 15 is 0 Å². The smallest absolute Gasteiger partial charge is 0.329 e. The molecule has 0 saturated carbocycles. The number of H-pyrrole nitrogens is 1. The summed E-state index contributed by atoms with van der Waals surface area (Å²) in [5, 5.41) is 11.7. The average molecular weight is 351 g/mol. The number of thioether (sulfide) groups is 1. The van der Waals surface area contributed by atoms with Crippen LogP contribution in [0.4, 0.5) is 0 Å². The number of nitrogens with one attached hydrogen (secondary N) is 2. The van der Waals surface area contributed by atoms with Crippen LogP contribution in [-0.2, 0) is 16.1 Å².